The Bertz CT molecular complexity index is 498. The average molecular weight is 321 g/mol. The van der Waals surface area contributed by atoms with Crippen molar-refractivity contribution in [2.24, 2.45) is 0 Å². The van der Waals surface area contributed by atoms with E-state index in [1.807, 2.05) is 19.1 Å². The summed E-state index contributed by atoms with van der Waals surface area (Å²) in [6.07, 6.45) is 0.345. The van der Waals surface area contributed by atoms with E-state index in [-0.39, 0.29) is 0 Å². The third-order valence-electron chi connectivity index (χ3n) is 2.99. The molecular formula is C12H17BrO3S. The number of aliphatic hydroxyl groups excluding tert-OH is 1. The predicted molar refractivity (Wildman–Crippen MR) is 72.9 cm³/mol. The molecule has 0 fully saturated rings. The fourth-order valence-corrected chi connectivity index (χ4v) is 3.09. The van der Waals surface area contributed by atoms with Gasteiger partial charge < -0.3 is 5.11 Å². The minimum absolute atomic E-state index is 0.293. The molecule has 0 aliphatic carbocycles. The summed E-state index contributed by atoms with van der Waals surface area (Å²) in [5, 5.41) is 10.3. The van der Waals surface area contributed by atoms with Crippen LogP contribution in [0.15, 0.2) is 24.3 Å². The van der Waals surface area contributed by atoms with Crippen LogP contribution in [0.3, 0.4) is 0 Å². The molecular weight excluding hydrogens is 304 g/mol. The van der Waals surface area contributed by atoms with E-state index in [0.717, 1.165) is 11.8 Å². The van der Waals surface area contributed by atoms with Crippen molar-refractivity contribution < 1.29 is 13.5 Å². The van der Waals surface area contributed by atoms with Crippen LogP contribution in [-0.2, 0) is 9.84 Å². The maximum Gasteiger partial charge on any atom is 0.166 e. The van der Waals surface area contributed by atoms with E-state index in [2.05, 4.69) is 15.9 Å². The van der Waals surface area contributed by atoms with Crippen molar-refractivity contribution in [3.63, 3.8) is 0 Å². The molecule has 0 saturated heterocycles. The second kappa shape index (κ2) is 5.08. The van der Waals surface area contributed by atoms with Gasteiger partial charge in [0.2, 0.25) is 0 Å². The Balaban J connectivity index is 3.29. The first-order valence-electron chi connectivity index (χ1n) is 5.36. The maximum atomic E-state index is 11.8. The van der Waals surface area contributed by atoms with E-state index >= 15 is 0 Å². The van der Waals surface area contributed by atoms with Gasteiger partial charge in [-0.25, -0.2) is 8.42 Å². The van der Waals surface area contributed by atoms with Crippen molar-refractivity contribution in [3.8, 4) is 0 Å². The molecule has 17 heavy (non-hydrogen) atoms. The molecule has 1 aromatic rings. The molecule has 0 aromatic heterocycles. The Morgan fingerprint density at radius 2 is 1.94 bits per heavy atom. The summed E-state index contributed by atoms with van der Waals surface area (Å²) in [6, 6.07) is 7.24. The number of rotatable bonds is 4. The third kappa shape index (κ3) is 2.72. The number of aryl methyl sites for hydroxylation is 1. The molecule has 0 aliphatic heterocycles. The maximum absolute atomic E-state index is 11.8. The van der Waals surface area contributed by atoms with Crippen molar-refractivity contribution in [1.82, 2.24) is 0 Å². The molecule has 1 aromatic carbocycles. The van der Waals surface area contributed by atoms with Gasteiger partial charge in [0, 0.05) is 6.26 Å². The van der Waals surface area contributed by atoms with Crippen molar-refractivity contribution in [2.45, 2.75) is 30.0 Å². The lowest BCUT2D eigenvalue weighted by Crippen LogP contribution is -2.37. The quantitative estimate of drug-likeness (QED) is 0.867. The molecule has 5 heteroatoms. The average Bonchev–Trinajstić information content (AvgIpc) is 2.26. The summed E-state index contributed by atoms with van der Waals surface area (Å²) in [5.74, 6) is 0. The van der Waals surface area contributed by atoms with Crippen LogP contribution in [0.25, 0.3) is 0 Å². The largest absolute Gasteiger partial charge is 0.386 e. The molecule has 2 atom stereocenters. The second-order valence-corrected chi connectivity index (χ2v) is 8.38. The zero-order valence-electron chi connectivity index (χ0n) is 10.1. The SMILES string of the molecule is CC[C@](Br)([C@H](O)c1ccccc1C)S(C)(=O)=O. The number of hydrogen-bond acceptors (Lipinski definition) is 3. The standard InChI is InChI=1S/C12H17BrO3S/c1-4-12(13,17(3,15)16)11(14)10-8-6-5-7-9(10)2/h5-8,11,14H,4H2,1-3H3/t11-,12-/m1/s1. The highest BCUT2D eigenvalue weighted by molar-refractivity contribution is 9.11. The molecule has 0 saturated carbocycles. The predicted octanol–water partition coefficient (Wildman–Crippen LogP) is 2.57. The summed E-state index contributed by atoms with van der Waals surface area (Å²) in [4.78, 5) is 0. The molecule has 0 bridgehead atoms. The molecule has 0 aliphatic rings. The Hall–Kier alpha value is -0.390. The summed E-state index contributed by atoms with van der Waals surface area (Å²) >= 11 is 3.20. The Morgan fingerprint density at radius 1 is 1.41 bits per heavy atom. The van der Waals surface area contributed by atoms with Crippen LogP contribution < -0.4 is 0 Å². The monoisotopic (exact) mass is 320 g/mol. The van der Waals surface area contributed by atoms with Crippen LogP contribution in [0, 0.1) is 6.92 Å². The molecule has 0 unspecified atom stereocenters. The Morgan fingerprint density at radius 3 is 2.35 bits per heavy atom. The van der Waals surface area contributed by atoms with E-state index < -0.39 is 19.6 Å². The van der Waals surface area contributed by atoms with Crippen molar-refractivity contribution in [2.75, 3.05) is 6.26 Å². The van der Waals surface area contributed by atoms with Gasteiger partial charge in [0.15, 0.2) is 13.5 Å². The zero-order chi connectivity index (χ0) is 13.3. The molecule has 96 valence electrons. The highest BCUT2D eigenvalue weighted by Crippen LogP contribution is 2.41. The molecule has 0 spiro atoms. The highest BCUT2D eigenvalue weighted by atomic mass is 79.9. The van der Waals surface area contributed by atoms with E-state index in [0.29, 0.717) is 12.0 Å². The molecule has 1 rings (SSSR count). The van der Waals surface area contributed by atoms with Gasteiger partial charge in [0.1, 0.15) is 6.10 Å². The van der Waals surface area contributed by atoms with E-state index in [9.17, 15) is 13.5 Å². The van der Waals surface area contributed by atoms with E-state index in [1.165, 1.54) is 0 Å². The summed E-state index contributed by atoms with van der Waals surface area (Å²) in [5.41, 5.74) is 1.51. The fraction of sp³-hybridized carbons (Fsp3) is 0.500. The van der Waals surface area contributed by atoms with Gasteiger partial charge in [-0.05, 0) is 24.5 Å². The minimum Gasteiger partial charge on any atom is -0.386 e. The third-order valence-corrected chi connectivity index (χ3v) is 7.49. The van der Waals surface area contributed by atoms with Gasteiger partial charge in [-0.3, -0.25) is 0 Å². The molecule has 1 N–H and O–H groups in total. The van der Waals surface area contributed by atoms with Crippen LogP contribution >= 0.6 is 15.9 Å². The van der Waals surface area contributed by atoms with Crippen LogP contribution in [-0.4, -0.2) is 23.4 Å². The molecule has 0 radical (unpaired) electrons. The molecule has 0 amide bonds. The van der Waals surface area contributed by atoms with E-state index in [4.69, 9.17) is 0 Å². The Kier molecular flexibility index (Phi) is 4.38. The van der Waals surface area contributed by atoms with Gasteiger partial charge in [0.05, 0.1) is 0 Å². The second-order valence-electron chi connectivity index (χ2n) is 4.17. The van der Waals surface area contributed by atoms with Gasteiger partial charge in [0.25, 0.3) is 0 Å². The molecule has 3 nitrogen and oxygen atoms in total. The first-order chi connectivity index (χ1) is 7.74. The lowest BCUT2D eigenvalue weighted by atomic mass is 10.00. The Labute approximate surface area is 111 Å². The fourth-order valence-electron chi connectivity index (χ4n) is 1.78. The summed E-state index contributed by atoms with van der Waals surface area (Å²) in [7, 11) is -3.41. The first-order valence-corrected chi connectivity index (χ1v) is 8.04. The van der Waals surface area contributed by atoms with Crippen LogP contribution in [0.1, 0.15) is 30.6 Å². The van der Waals surface area contributed by atoms with Gasteiger partial charge in [-0.2, -0.15) is 0 Å². The smallest absolute Gasteiger partial charge is 0.166 e. The van der Waals surface area contributed by atoms with Gasteiger partial charge >= 0.3 is 0 Å². The zero-order valence-corrected chi connectivity index (χ0v) is 12.5. The van der Waals surface area contributed by atoms with Gasteiger partial charge in [-0.15, -0.1) is 0 Å². The van der Waals surface area contributed by atoms with E-state index in [1.54, 1.807) is 19.1 Å². The highest BCUT2D eigenvalue weighted by Gasteiger charge is 2.44. The number of benzene rings is 1. The lowest BCUT2D eigenvalue weighted by Gasteiger charge is -2.30. The molecule has 0 heterocycles. The normalized spacial score (nSPS) is 17.5. The lowest BCUT2D eigenvalue weighted by molar-refractivity contribution is 0.159. The van der Waals surface area contributed by atoms with Crippen molar-refractivity contribution >= 4 is 25.8 Å². The number of sulfone groups is 1. The summed E-state index contributed by atoms with van der Waals surface area (Å²) < 4.78 is 22.3. The van der Waals surface area contributed by atoms with Crippen LogP contribution in [0.5, 0.6) is 0 Å². The number of aliphatic hydroxyl groups is 1. The number of alkyl halides is 1. The summed E-state index contributed by atoms with van der Waals surface area (Å²) in [6.45, 7) is 3.58. The number of hydrogen-bond donors (Lipinski definition) is 1. The topological polar surface area (TPSA) is 54.4 Å². The van der Waals surface area contributed by atoms with Crippen molar-refractivity contribution in [3.05, 3.63) is 35.4 Å². The van der Waals surface area contributed by atoms with Gasteiger partial charge in [-0.1, -0.05) is 47.1 Å². The number of halogens is 1. The van der Waals surface area contributed by atoms with Crippen molar-refractivity contribution in [1.29, 1.82) is 0 Å². The van der Waals surface area contributed by atoms with Crippen LogP contribution in [0.2, 0.25) is 0 Å². The van der Waals surface area contributed by atoms with Crippen LogP contribution in [0.4, 0.5) is 0 Å². The minimum atomic E-state index is -3.41. The first kappa shape index (κ1) is 14.7.